The van der Waals surface area contributed by atoms with Crippen LogP contribution in [0.4, 0.5) is 5.69 Å². The molecule has 17 heavy (non-hydrogen) atoms. The predicted octanol–water partition coefficient (Wildman–Crippen LogP) is 3.55. The van der Waals surface area contributed by atoms with Gasteiger partial charge in [0.1, 0.15) is 5.78 Å². The lowest BCUT2D eigenvalue weighted by atomic mass is 10.0. The van der Waals surface area contributed by atoms with Crippen molar-refractivity contribution >= 4 is 23.1 Å². The predicted molar refractivity (Wildman–Crippen MR) is 66.3 cm³/mol. The number of carbonyl (C=O) groups excluding carboxylic acids is 1. The van der Waals surface area contributed by atoms with Crippen molar-refractivity contribution in [2.45, 2.75) is 32.6 Å². The maximum absolute atomic E-state index is 11.4. The molecule has 0 amide bonds. The number of hydrogen-bond donors (Lipinski definition) is 0. The van der Waals surface area contributed by atoms with E-state index in [2.05, 4.69) is 0 Å². The molecule has 0 aliphatic heterocycles. The molecule has 4 nitrogen and oxygen atoms in total. The average molecular weight is 256 g/mol. The minimum Gasteiger partial charge on any atom is -0.300 e. The van der Waals surface area contributed by atoms with Crippen LogP contribution in [0.3, 0.4) is 0 Å². The molecule has 5 heteroatoms. The zero-order chi connectivity index (χ0) is 12.8. The molecule has 0 unspecified atom stereocenters. The Labute approximate surface area is 105 Å². The van der Waals surface area contributed by atoms with Gasteiger partial charge in [-0.2, -0.15) is 0 Å². The molecule has 0 N–H and O–H groups in total. The van der Waals surface area contributed by atoms with E-state index in [0.29, 0.717) is 29.8 Å². The third-order valence-electron chi connectivity index (χ3n) is 2.47. The molecule has 92 valence electrons. The van der Waals surface area contributed by atoms with Gasteiger partial charge in [-0.25, -0.2) is 0 Å². The first kappa shape index (κ1) is 13.6. The molecule has 0 heterocycles. The van der Waals surface area contributed by atoms with Gasteiger partial charge in [0.05, 0.1) is 9.95 Å². The highest BCUT2D eigenvalue weighted by Crippen LogP contribution is 2.27. The summed E-state index contributed by atoms with van der Waals surface area (Å²) in [6.45, 7) is 1.93. The van der Waals surface area contributed by atoms with E-state index >= 15 is 0 Å². The lowest BCUT2D eigenvalue weighted by molar-refractivity contribution is -0.385. The Bertz CT molecular complexity index is 432. The van der Waals surface area contributed by atoms with Crippen LogP contribution < -0.4 is 0 Å². The first-order chi connectivity index (χ1) is 8.06. The van der Waals surface area contributed by atoms with E-state index in [1.165, 1.54) is 12.1 Å². The van der Waals surface area contributed by atoms with Gasteiger partial charge in [0, 0.05) is 24.5 Å². The van der Waals surface area contributed by atoms with Crippen molar-refractivity contribution in [3.8, 4) is 0 Å². The molecule has 0 aromatic heterocycles. The number of halogens is 1. The van der Waals surface area contributed by atoms with Crippen molar-refractivity contribution in [3.63, 3.8) is 0 Å². The van der Waals surface area contributed by atoms with E-state index in [-0.39, 0.29) is 11.5 Å². The maximum atomic E-state index is 11.4. The first-order valence-electron chi connectivity index (χ1n) is 5.49. The van der Waals surface area contributed by atoms with Crippen LogP contribution in [0.15, 0.2) is 18.2 Å². The fourth-order valence-electron chi connectivity index (χ4n) is 1.63. The van der Waals surface area contributed by atoms with E-state index in [4.69, 9.17) is 11.6 Å². The van der Waals surface area contributed by atoms with Crippen LogP contribution >= 0.6 is 11.6 Å². The molecule has 0 bridgehead atoms. The third kappa shape index (κ3) is 3.82. The van der Waals surface area contributed by atoms with E-state index in [9.17, 15) is 14.9 Å². The summed E-state index contributed by atoms with van der Waals surface area (Å²) >= 11 is 5.92. The van der Waals surface area contributed by atoms with Gasteiger partial charge in [0.2, 0.25) is 0 Å². The molecular formula is C12H14ClNO3. The molecule has 0 radical (unpaired) electrons. The van der Waals surface area contributed by atoms with Crippen molar-refractivity contribution in [3.05, 3.63) is 38.9 Å². The average Bonchev–Trinajstić information content (AvgIpc) is 2.27. The fourth-order valence-corrected chi connectivity index (χ4v) is 1.90. The molecule has 0 saturated heterocycles. The Kier molecular flexibility index (Phi) is 5.10. The quantitative estimate of drug-likeness (QED) is 0.577. The smallest absolute Gasteiger partial charge is 0.274 e. The molecule has 0 saturated carbocycles. The number of carbonyl (C=O) groups is 1. The van der Waals surface area contributed by atoms with E-state index < -0.39 is 4.92 Å². The van der Waals surface area contributed by atoms with Gasteiger partial charge < -0.3 is 0 Å². The van der Waals surface area contributed by atoms with Gasteiger partial charge in [0.15, 0.2) is 0 Å². The number of hydrogen-bond acceptors (Lipinski definition) is 3. The van der Waals surface area contributed by atoms with Crippen molar-refractivity contribution < 1.29 is 9.72 Å². The standard InChI is InChI=1S/C12H14ClNO3/c1-2-4-9(15)7-8-10-11(13)5-3-6-12(10)14(16)17/h3,5-6H,2,4,7-8H2,1H3. The lowest BCUT2D eigenvalue weighted by Crippen LogP contribution is -2.02. The molecule has 0 spiro atoms. The largest absolute Gasteiger partial charge is 0.300 e. The third-order valence-corrected chi connectivity index (χ3v) is 2.83. The highest BCUT2D eigenvalue weighted by molar-refractivity contribution is 6.31. The molecule has 1 aromatic carbocycles. The summed E-state index contributed by atoms with van der Waals surface area (Å²) in [5, 5.41) is 11.2. The van der Waals surface area contributed by atoms with Gasteiger partial charge >= 0.3 is 0 Å². The number of Topliss-reactive ketones (excluding diaryl/α,β-unsaturated/α-hetero) is 1. The monoisotopic (exact) mass is 255 g/mol. The van der Waals surface area contributed by atoms with Crippen LogP contribution in [0.5, 0.6) is 0 Å². The second kappa shape index (κ2) is 6.35. The van der Waals surface area contributed by atoms with Crippen LogP contribution in [-0.4, -0.2) is 10.7 Å². The highest BCUT2D eigenvalue weighted by Gasteiger charge is 2.17. The number of rotatable bonds is 6. The molecule has 0 fully saturated rings. The molecule has 0 aliphatic rings. The zero-order valence-corrected chi connectivity index (χ0v) is 10.4. The van der Waals surface area contributed by atoms with Crippen molar-refractivity contribution in [2.75, 3.05) is 0 Å². The summed E-state index contributed by atoms with van der Waals surface area (Å²) in [5.41, 5.74) is 0.436. The topological polar surface area (TPSA) is 60.2 Å². The molecular weight excluding hydrogens is 242 g/mol. The van der Waals surface area contributed by atoms with Gasteiger partial charge in [-0.05, 0) is 18.9 Å². The number of benzene rings is 1. The fraction of sp³-hybridized carbons (Fsp3) is 0.417. The van der Waals surface area contributed by atoms with Crippen molar-refractivity contribution in [1.82, 2.24) is 0 Å². The minimum atomic E-state index is -0.467. The second-order valence-electron chi connectivity index (χ2n) is 3.78. The van der Waals surface area contributed by atoms with Crippen LogP contribution in [0.25, 0.3) is 0 Å². The zero-order valence-electron chi connectivity index (χ0n) is 9.61. The van der Waals surface area contributed by atoms with E-state index in [1.54, 1.807) is 6.07 Å². The summed E-state index contributed by atoms with van der Waals surface area (Å²) < 4.78 is 0. The van der Waals surface area contributed by atoms with Gasteiger partial charge in [-0.3, -0.25) is 14.9 Å². The minimum absolute atomic E-state index is 0.0122. The van der Waals surface area contributed by atoms with Crippen LogP contribution in [-0.2, 0) is 11.2 Å². The molecule has 0 atom stereocenters. The summed E-state index contributed by atoms with van der Waals surface area (Å²) in [6.07, 6.45) is 1.94. The number of nitrogens with zero attached hydrogens (tertiary/aromatic N) is 1. The Morgan fingerprint density at radius 1 is 1.41 bits per heavy atom. The SMILES string of the molecule is CCCC(=O)CCc1c(Cl)cccc1[N+](=O)[O-]. The Balaban J connectivity index is 2.82. The van der Waals surface area contributed by atoms with Crippen LogP contribution in [0, 0.1) is 10.1 Å². The molecule has 1 aromatic rings. The number of nitro groups is 1. The number of nitro benzene ring substituents is 1. The second-order valence-corrected chi connectivity index (χ2v) is 4.19. The van der Waals surface area contributed by atoms with Crippen LogP contribution in [0.2, 0.25) is 5.02 Å². The van der Waals surface area contributed by atoms with Crippen molar-refractivity contribution in [2.24, 2.45) is 0 Å². The Hall–Kier alpha value is -1.42. The number of ketones is 1. The highest BCUT2D eigenvalue weighted by atomic mass is 35.5. The summed E-state index contributed by atoms with van der Waals surface area (Å²) in [4.78, 5) is 21.7. The Morgan fingerprint density at radius 3 is 2.71 bits per heavy atom. The van der Waals surface area contributed by atoms with Gasteiger partial charge in [0.25, 0.3) is 5.69 Å². The van der Waals surface area contributed by atoms with E-state index in [1.807, 2.05) is 6.92 Å². The normalized spacial score (nSPS) is 10.2. The summed E-state index contributed by atoms with van der Waals surface area (Å²) in [5.74, 6) is 0.113. The summed E-state index contributed by atoms with van der Waals surface area (Å²) in [6, 6.07) is 4.55. The Morgan fingerprint density at radius 2 is 2.12 bits per heavy atom. The lowest BCUT2D eigenvalue weighted by Gasteiger charge is -2.04. The van der Waals surface area contributed by atoms with E-state index in [0.717, 1.165) is 6.42 Å². The van der Waals surface area contributed by atoms with Crippen LogP contribution in [0.1, 0.15) is 31.7 Å². The molecule has 0 aliphatic carbocycles. The van der Waals surface area contributed by atoms with Gasteiger partial charge in [-0.1, -0.05) is 24.6 Å². The summed E-state index contributed by atoms with van der Waals surface area (Å²) in [7, 11) is 0. The maximum Gasteiger partial charge on any atom is 0.274 e. The van der Waals surface area contributed by atoms with Gasteiger partial charge in [-0.15, -0.1) is 0 Å². The van der Waals surface area contributed by atoms with Crippen molar-refractivity contribution in [1.29, 1.82) is 0 Å². The first-order valence-corrected chi connectivity index (χ1v) is 5.87. The molecule has 1 rings (SSSR count).